The van der Waals surface area contributed by atoms with Gasteiger partial charge >= 0.3 is 0 Å². The van der Waals surface area contributed by atoms with Gasteiger partial charge in [-0.3, -0.25) is 0 Å². The third kappa shape index (κ3) is 5.47. The molecule has 3 aromatic heterocycles. The lowest BCUT2D eigenvalue weighted by Crippen LogP contribution is -1.97. The van der Waals surface area contributed by atoms with Crippen molar-refractivity contribution in [1.82, 2.24) is 9.97 Å². The minimum Gasteiger partial charge on any atom is -0.455 e. The summed E-state index contributed by atoms with van der Waals surface area (Å²) in [5.41, 5.74) is 14.4. The Balaban J connectivity index is 1.15. The zero-order chi connectivity index (χ0) is 37.0. The zero-order valence-electron chi connectivity index (χ0n) is 30.2. The lowest BCUT2D eigenvalue weighted by atomic mass is 9.93. The molecule has 3 heterocycles. The Morgan fingerprint density at radius 2 is 0.696 bits per heavy atom. The maximum absolute atomic E-state index is 6.58. The van der Waals surface area contributed by atoms with Crippen LogP contribution in [0.15, 0.2) is 203 Å². The molecule has 0 aliphatic carbocycles. The summed E-state index contributed by atoms with van der Waals surface area (Å²) in [6, 6.07) is 67.3. The van der Waals surface area contributed by atoms with Crippen molar-refractivity contribution in [2.75, 3.05) is 0 Å². The van der Waals surface area contributed by atoms with Crippen LogP contribution in [0.2, 0.25) is 0 Å². The van der Waals surface area contributed by atoms with Crippen molar-refractivity contribution >= 4 is 43.9 Å². The van der Waals surface area contributed by atoms with Crippen molar-refractivity contribution in [3.05, 3.63) is 194 Å². The molecule has 0 aliphatic heterocycles. The van der Waals surface area contributed by atoms with Crippen LogP contribution in [0, 0.1) is 0 Å². The minimum atomic E-state index is 0.630. The van der Waals surface area contributed by atoms with E-state index in [-0.39, 0.29) is 0 Å². The van der Waals surface area contributed by atoms with Gasteiger partial charge in [-0.1, -0.05) is 158 Å². The summed E-state index contributed by atoms with van der Waals surface area (Å²) in [7, 11) is 0. The van der Waals surface area contributed by atoms with Gasteiger partial charge < -0.3 is 8.83 Å². The molecule has 0 radical (unpaired) electrons. The highest BCUT2D eigenvalue weighted by molar-refractivity contribution is 6.11. The van der Waals surface area contributed by atoms with Crippen LogP contribution in [0.5, 0.6) is 0 Å². The smallest absolute Gasteiger partial charge is 0.160 e. The number of furan rings is 2. The Labute approximate surface area is 323 Å². The monoisotopic (exact) mass is 716 g/mol. The highest BCUT2D eigenvalue weighted by atomic mass is 16.3. The van der Waals surface area contributed by atoms with E-state index in [2.05, 4.69) is 146 Å². The molecule has 0 saturated carbocycles. The normalized spacial score (nSPS) is 11.6. The number of aromatic nitrogens is 2. The van der Waals surface area contributed by atoms with Gasteiger partial charge in [-0.25, -0.2) is 9.97 Å². The molecule has 0 fully saturated rings. The Bertz CT molecular complexity index is 3100. The van der Waals surface area contributed by atoms with E-state index in [1.54, 1.807) is 0 Å². The molecule has 56 heavy (non-hydrogen) atoms. The van der Waals surface area contributed by atoms with Crippen molar-refractivity contribution in [1.29, 1.82) is 0 Å². The lowest BCUT2D eigenvalue weighted by Gasteiger charge is -2.13. The maximum Gasteiger partial charge on any atom is 0.160 e. The molecule has 11 aromatic rings. The van der Waals surface area contributed by atoms with Crippen LogP contribution < -0.4 is 0 Å². The highest BCUT2D eigenvalue weighted by Gasteiger charge is 2.19. The van der Waals surface area contributed by atoms with Gasteiger partial charge in [0.2, 0.25) is 0 Å². The SMILES string of the molecule is c1ccc(-c2ccc(-c3cc(-c4ccccc4)nc(-c4cc(-c5cccc6c5oc5ccccc56)cc(-c5cccc6c5oc5ccccc56)c4)n3)cc2)cc1. The molecule has 0 spiro atoms. The van der Waals surface area contributed by atoms with Crippen LogP contribution in [-0.4, -0.2) is 9.97 Å². The molecule has 8 aromatic carbocycles. The molecular weight excluding hydrogens is 685 g/mol. The summed E-state index contributed by atoms with van der Waals surface area (Å²) in [6.07, 6.45) is 0. The van der Waals surface area contributed by atoms with Gasteiger partial charge in [-0.15, -0.1) is 0 Å². The van der Waals surface area contributed by atoms with E-state index in [4.69, 9.17) is 18.8 Å². The summed E-state index contributed by atoms with van der Waals surface area (Å²) < 4.78 is 13.2. The van der Waals surface area contributed by atoms with E-state index >= 15 is 0 Å². The Morgan fingerprint density at radius 1 is 0.286 bits per heavy atom. The predicted octanol–water partition coefficient (Wildman–Crippen LogP) is 14.3. The van der Waals surface area contributed by atoms with Crippen molar-refractivity contribution in [2.45, 2.75) is 0 Å². The molecule has 0 bridgehead atoms. The second kappa shape index (κ2) is 13.1. The Hall–Kier alpha value is -7.56. The fourth-order valence-electron chi connectivity index (χ4n) is 7.96. The first-order valence-corrected chi connectivity index (χ1v) is 18.8. The van der Waals surface area contributed by atoms with Crippen molar-refractivity contribution < 1.29 is 8.83 Å². The van der Waals surface area contributed by atoms with Crippen molar-refractivity contribution in [3.8, 4) is 67.3 Å². The number of hydrogen-bond donors (Lipinski definition) is 0. The molecule has 0 unspecified atom stereocenters. The molecule has 4 heteroatoms. The average molecular weight is 717 g/mol. The molecule has 0 N–H and O–H groups in total. The number of nitrogens with zero attached hydrogens (tertiary/aromatic N) is 2. The van der Waals surface area contributed by atoms with E-state index in [1.807, 2.05) is 48.5 Å². The fraction of sp³-hybridized carbons (Fsp3) is 0. The van der Waals surface area contributed by atoms with Crippen LogP contribution in [0.3, 0.4) is 0 Å². The molecular formula is C52H32N2O2. The number of para-hydroxylation sites is 4. The van der Waals surface area contributed by atoms with Gasteiger partial charge in [-0.2, -0.15) is 0 Å². The van der Waals surface area contributed by atoms with Gasteiger partial charge in [0.1, 0.15) is 22.3 Å². The largest absolute Gasteiger partial charge is 0.455 e. The summed E-state index contributed by atoms with van der Waals surface area (Å²) in [6.45, 7) is 0. The van der Waals surface area contributed by atoms with Crippen LogP contribution in [0.1, 0.15) is 0 Å². The van der Waals surface area contributed by atoms with Gasteiger partial charge in [-0.05, 0) is 58.7 Å². The number of rotatable bonds is 6. The summed E-state index contributed by atoms with van der Waals surface area (Å²) in [5, 5.41) is 4.34. The topological polar surface area (TPSA) is 52.1 Å². The molecule has 262 valence electrons. The number of fused-ring (bicyclic) bond motifs is 6. The lowest BCUT2D eigenvalue weighted by molar-refractivity contribution is 0.670. The van der Waals surface area contributed by atoms with Crippen molar-refractivity contribution in [3.63, 3.8) is 0 Å². The van der Waals surface area contributed by atoms with Crippen LogP contribution in [0.25, 0.3) is 111 Å². The molecule has 4 nitrogen and oxygen atoms in total. The quantitative estimate of drug-likeness (QED) is 0.172. The number of hydrogen-bond acceptors (Lipinski definition) is 4. The zero-order valence-corrected chi connectivity index (χ0v) is 30.2. The molecule has 0 atom stereocenters. The molecule has 0 saturated heterocycles. The standard InChI is InChI=1S/C52H32N2O2/c1-3-13-33(14-4-1)34-25-27-36(28-26-34)47-32-46(35-15-5-2-6-16-35)53-52(54-47)39-30-37(40-19-11-21-44-42-17-7-9-23-48(42)55-50(40)44)29-38(31-39)41-20-12-22-45-43-18-8-10-24-49(43)56-51(41)45/h1-32H. The third-order valence-electron chi connectivity index (χ3n) is 10.7. The molecule has 0 aliphatic rings. The Morgan fingerprint density at radius 3 is 1.25 bits per heavy atom. The van der Waals surface area contributed by atoms with E-state index in [0.29, 0.717) is 5.82 Å². The predicted molar refractivity (Wildman–Crippen MR) is 229 cm³/mol. The van der Waals surface area contributed by atoms with E-state index in [0.717, 1.165) is 99.8 Å². The van der Waals surface area contributed by atoms with Crippen LogP contribution in [0.4, 0.5) is 0 Å². The van der Waals surface area contributed by atoms with Gasteiger partial charge in [0, 0.05) is 49.4 Å². The van der Waals surface area contributed by atoms with Crippen molar-refractivity contribution in [2.24, 2.45) is 0 Å². The maximum atomic E-state index is 6.58. The molecule has 11 rings (SSSR count). The van der Waals surface area contributed by atoms with Crippen LogP contribution >= 0.6 is 0 Å². The highest BCUT2D eigenvalue weighted by Crippen LogP contribution is 2.42. The van der Waals surface area contributed by atoms with Gasteiger partial charge in [0.25, 0.3) is 0 Å². The van der Waals surface area contributed by atoms with E-state index in [9.17, 15) is 0 Å². The average Bonchev–Trinajstić information content (AvgIpc) is 3.86. The van der Waals surface area contributed by atoms with Gasteiger partial charge in [0.15, 0.2) is 5.82 Å². The fourth-order valence-corrected chi connectivity index (χ4v) is 7.96. The third-order valence-corrected chi connectivity index (χ3v) is 10.7. The summed E-state index contributed by atoms with van der Waals surface area (Å²) >= 11 is 0. The second-order valence-corrected chi connectivity index (χ2v) is 14.1. The number of benzene rings is 8. The van der Waals surface area contributed by atoms with Gasteiger partial charge in [0.05, 0.1) is 11.4 Å². The van der Waals surface area contributed by atoms with Crippen LogP contribution in [-0.2, 0) is 0 Å². The van der Waals surface area contributed by atoms with E-state index in [1.165, 1.54) is 5.56 Å². The molecule has 0 amide bonds. The minimum absolute atomic E-state index is 0.630. The summed E-state index contributed by atoms with van der Waals surface area (Å²) in [4.78, 5) is 10.6. The Kier molecular flexibility index (Phi) is 7.46. The first-order chi connectivity index (χ1) is 27.7. The first-order valence-electron chi connectivity index (χ1n) is 18.8. The summed E-state index contributed by atoms with van der Waals surface area (Å²) in [5.74, 6) is 0.630. The first kappa shape index (κ1) is 31.9. The second-order valence-electron chi connectivity index (χ2n) is 14.1. The van der Waals surface area contributed by atoms with E-state index < -0.39 is 0 Å².